The van der Waals surface area contributed by atoms with Crippen LogP contribution in [0.15, 0.2) is 28.7 Å². The summed E-state index contributed by atoms with van der Waals surface area (Å²) < 4.78 is 6.60. The van der Waals surface area contributed by atoms with E-state index in [1.54, 1.807) is 0 Å². The SMILES string of the molecule is CCOC(C)CNC(C)c1cccc(Br)c1. The molecule has 1 N–H and O–H groups in total. The van der Waals surface area contributed by atoms with Crippen molar-refractivity contribution < 1.29 is 4.74 Å². The van der Waals surface area contributed by atoms with Gasteiger partial charge >= 0.3 is 0 Å². The van der Waals surface area contributed by atoms with E-state index in [1.807, 2.05) is 13.0 Å². The summed E-state index contributed by atoms with van der Waals surface area (Å²) in [5.41, 5.74) is 1.29. The summed E-state index contributed by atoms with van der Waals surface area (Å²) in [5, 5.41) is 3.46. The molecular formula is C13H20BrNO. The van der Waals surface area contributed by atoms with Crippen LogP contribution in [-0.4, -0.2) is 19.3 Å². The predicted octanol–water partition coefficient (Wildman–Crippen LogP) is 3.52. The van der Waals surface area contributed by atoms with Gasteiger partial charge in [-0.3, -0.25) is 0 Å². The minimum atomic E-state index is 0.264. The Morgan fingerprint density at radius 2 is 2.12 bits per heavy atom. The molecule has 1 aromatic carbocycles. The lowest BCUT2D eigenvalue weighted by molar-refractivity contribution is 0.0743. The molecule has 16 heavy (non-hydrogen) atoms. The summed E-state index contributed by atoms with van der Waals surface area (Å²) >= 11 is 3.48. The van der Waals surface area contributed by atoms with Crippen molar-refractivity contribution in [3.8, 4) is 0 Å². The zero-order valence-electron chi connectivity index (χ0n) is 10.2. The highest BCUT2D eigenvalue weighted by Crippen LogP contribution is 2.17. The lowest BCUT2D eigenvalue weighted by atomic mass is 10.1. The Bertz CT molecular complexity index is 317. The highest BCUT2D eigenvalue weighted by atomic mass is 79.9. The molecule has 0 bridgehead atoms. The molecule has 0 fully saturated rings. The first-order valence-electron chi connectivity index (χ1n) is 5.74. The van der Waals surface area contributed by atoms with Gasteiger partial charge in [-0.05, 0) is 38.5 Å². The van der Waals surface area contributed by atoms with Crippen molar-refractivity contribution in [3.05, 3.63) is 34.3 Å². The minimum Gasteiger partial charge on any atom is -0.377 e. The van der Waals surface area contributed by atoms with Crippen LogP contribution in [0.4, 0.5) is 0 Å². The second kappa shape index (κ2) is 7.05. The average Bonchev–Trinajstić information content (AvgIpc) is 2.26. The Balaban J connectivity index is 2.43. The third-order valence-corrected chi connectivity index (χ3v) is 3.00. The third kappa shape index (κ3) is 4.64. The van der Waals surface area contributed by atoms with Crippen LogP contribution < -0.4 is 5.32 Å². The first-order chi connectivity index (χ1) is 7.63. The van der Waals surface area contributed by atoms with E-state index in [-0.39, 0.29) is 6.10 Å². The van der Waals surface area contributed by atoms with E-state index >= 15 is 0 Å². The molecule has 0 spiro atoms. The molecule has 0 heterocycles. The van der Waals surface area contributed by atoms with E-state index in [4.69, 9.17) is 4.74 Å². The van der Waals surface area contributed by atoms with Crippen LogP contribution in [0.1, 0.15) is 32.4 Å². The summed E-state index contributed by atoms with van der Waals surface area (Å²) in [7, 11) is 0. The maximum absolute atomic E-state index is 5.48. The van der Waals surface area contributed by atoms with Gasteiger partial charge in [-0.2, -0.15) is 0 Å². The normalized spacial score (nSPS) is 14.8. The number of hydrogen-bond donors (Lipinski definition) is 1. The largest absolute Gasteiger partial charge is 0.377 e. The number of ether oxygens (including phenoxy) is 1. The molecule has 1 aromatic rings. The molecule has 0 aliphatic heterocycles. The van der Waals surface area contributed by atoms with Gasteiger partial charge in [0.05, 0.1) is 6.10 Å². The fourth-order valence-corrected chi connectivity index (χ4v) is 2.00. The molecule has 0 aliphatic rings. The van der Waals surface area contributed by atoms with Crippen molar-refractivity contribution in [3.63, 3.8) is 0 Å². The van der Waals surface area contributed by atoms with E-state index in [0.29, 0.717) is 6.04 Å². The Morgan fingerprint density at radius 1 is 1.38 bits per heavy atom. The zero-order valence-corrected chi connectivity index (χ0v) is 11.8. The Labute approximate surface area is 107 Å². The molecule has 0 saturated carbocycles. The van der Waals surface area contributed by atoms with Crippen LogP contribution in [0.2, 0.25) is 0 Å². The topological polar surface area (TPSA) is 21.3 Å². The second-order valence-electron chi connectivity index (χ2n) is 3.95. The van der Waals surface area contributed by atoms with Crippen LogP contribution in [0.3, 0.4) is 0 Å². The van der Waals surface area contributed by atoms with Crippen LogP contribution in [-0.2, 0) is 4.74 Å². The van der Waals surface area contributed by atoms with E-state index in [1.165, 1.54) is 5.56 Å². The standard InChI is InChI=1S/C13H20BrNO/c1-4-16-10(2)9-15-11(3)12-6-5-7-13(14)8-12/h5-8,10-11,15H,4,9H2,1-3H3. The molecule has 1 rings (SSSR count). The van der Waals surface area contributed by atoms with Gasteiger partial charge in [-0.15, -0.1) is 0 Å². The van der Waals surface area contributed by atoms with Crippen LogP contribution in [0.5, 0.6) is 0 Å². The van der Waals surface area contributed by atoms with Crippen molar-refractivity contribution in [2.24, 2.45) is 0 Å². The number of hydrogen-bond acceptors (Lipinski definition) is 2. The molecule has 0 radical (unpaired) electrons. The highest BCUT2D eigenvalue weighted by molar-refractivity contribution is 9.10. The highest BCUT2D eigenvalue weighted by Gasteiger charge is 2.07. The molecule has 0 aromatic heterocycles. The van der Waals surface area contributed by atoms with Gasteiger partial charge in [0, 0.05) is 23.7 Å². The molecule has 0 saturated heterocycles. The summed E-state index contributed by atoms with van der Waals surface area (Å²) in [5.74, 6) is 0. The first kappa shape index (κ1) is 13.7. The van der Waals surface area contributed by atoms with Gasteiger partial charge in [0.15, 0.2) is 0 Å². The maximum Gasteiger partial charge on any atom is 0.0671 e. The van der Waals surface area contributed by atoms with E-state index in [0.717, 1.165) is 17.6 Å². The molecule has 2 nitrogen and oxygen atoms in total. The Kier molecular flexibility index (Phi) is 6.03. The average molecular weight is 286 g/mol. The van der Waals surface area contributed by atoms with Crippen molar-refractivity contribution in [2.45, 2.75) is 32.9 Å². The zero-order chi connectivity index (χ0) is 12.0. The fourth-order valence-electron chi connectivity index (χ4n) is 1.58. The molecule has 2 unspecified atom stereocenters. The maximum atomic E-state index is 5.48. The lowest BCUT2D eigenvalue weighted by Gasteiger charge is -2.18. The number of halogens is 1. The molecule has 3 heteroatoms. The van der Waals surface area contributed by atoms with Crippen molar-refractivity contribution >= 4 is 15.9 Å². The summed E-state index contributed by atoms with van der Waals surface area (Å²) in [6, 6.07) is 8.72. The first-order valence-corrected chi connectivity index (χ1v) is 6.53. The van der Waals surface area contributed by atoms with Crippen LogP contribution >= 0.6 is 15.9 Å². The molecule has 2 atom stereocenters. The fraction of sp³-hybridized carbons (Fsp3) is 0.538. The smallest absolute Gasteiger partial charge is 0.0671 e. The third-order valence-electron chi connectivity index (χ3n) is 2.51. The Morgan fingerprint density at radius 3 is 2.75 bits per heavy atom. The second-order valence-corrected chi connectivity index (χ2v) is 4.87. The lowest BCUT2D eigenvalue weighted by Crippen LogP contribution is -2.29. The van der Waals surface area contributed by atoms with Gasteiger partial charge in [0.1, 0.15) is 0 Å². The number of benzene rings is 1. The molecular weight excluding hydrogens is 266 g/mol. The number of rotatable bonds is 6. The van der Waals surface area contributed by atoms with Gasteiger partial charge in [-0.1, -0.05) is 28.1 Å². The van der Waals surface area contributed by atoms with E-state index < -0.39 is 0 Å². The van der Waals surface area contributed by atoms with Crippen molar-refractivity contribution in [1.29, 1.82) is 0 Å². The van der Waals surface area contributed by atoms with Gasteiger partial charge < -0.3 is 10.1 Å². The summed E-state index contributed by atoms with van der Waals surface area (Å²) in [6.07, 6.45) is 0.264. The number of nitrogens with one attached hydrogen (secondary N) is 1. The summed E-state index contributed by atoms with van der Waals surface area (Å²) in [6.45, 7) is 7.93. The van der Waals surface area contributed by atoms with Crippen molar-refractivity contribution in [2.75, 3.05) is 13.2 Å². The quantitative estimate of drug-likeness (QED) is 0.864. The van der Waals surface area contributed by atoms with Crippen molar-refractivity contribution in [1.82, 2.24) is 5.32 Å². The monoisotopic (exact) mass is 285 g/mol. The van der Waals surface area contributed by atoms with E-state index in [2.05, 4.69) is 53.3 Å². The van der Waals surface area contributed by atoms with Gasteiger partial charge in [0.2, 0.25) is 0 Å². The Hall–Kier alpha value is -0.380. The van der Waals surface area contributed by atoms with Gasteiger partial charge in [0.25, 0.3) is 0 Å². The predicted molar refractivity (Wildman–Crippen MR) is 71.6 cm³/mol. The summed E-state index contributed by atoms with van der Waals surface area (Å²) in [4.78, 5) is 0. The molecule has 0 aliphatic carbocycles. The van der Waals surface area contributed by atoms with Crippen LogP contribution in [0, 0.1) is 0 Å². The van der Waals surface area contributed by atoms with Crippen LogP contribution in [0.25, 0.3) is 0 Å². The van der Waals surface area contributed by atoms with Gasteiger partial charge in [-0.25, -0.2) is 0 Å². The molecule has 0 amide bonds. The van der Waals surface area contributed by atoms with E-state index in [9.17, 15) is 0 Å². The minimum absolute atomic E-state index is 0.264. The molecule has 90 valence electrons.